The van der Waals surface area contributed by atoms with Gasteiger partial charge in [0.05, 0.1) is 0 Å². The van der Waals surface area contributed by atoms with Gasteiger partial charge in [-0.05, 0) is 55.1 Å². The first-order chi connectivity index (χ1) is 11.3. The zero-order valence-electron chi connectivity index (χ0n) is 13.2. The normalized spacial score (nSPS) is 15.0. The topological polar surface area (TPSA) is 19.0 Å². The number of aromatic amines is 1. The summed E-state index contributed by atoms with van der Waals surface area (Å²) in [6.07, 6.45) is 3.46. The third-order valence-electron chi connectivity index (χ3n) is 4.81. The smallest absolute Gasteiger partial charge is 0.0459 e. The zero-order chi connectivity index (χ0) is 15.6. The molecular weight excluding hydrogens is 304 g/mol. The molecule has 0 fully saturated rings. The van der Waals surface area contributed by atoms with Crippen molar-refractivity contribution in [2.24, 2.45) is 0 Å². The molecule has 0 aliphatic carbocycles. The van der Waals surface area contributed by atoms with E-state index in [1.807, 2.05) is 12.1 Å². The molecule has 1 aliphatic rings. The second kappa shape index (κ2) is 6.38. The maximum absolute atomic E-state index is 5.94. The first kappa shape index (κ1) is 14.8. The standard InChI is InChI=1S/C20H21ClN2/c21-16-9-7-15(8-10-16)4-3-12-23-13-11-18-17-5-1-2-6-19(17)22-20(18)14-23/h1-2,5-10,22H,3-4,11-14H2. The minimum atomic E-state index is 0.816. The van der Waals surface area contributed by atoms with Crippen LogP contribution in [0.15, 0.2) is 48.5 Å². The van der Waals surface area contributed by atoms with Gasteiger partial charge in [0.25, 0.3) is 0 Å². The SMILES string of the molecule is Clc1ccc(CCCN2CCc3c([nH]c4ccccc34)C2)cc1. The first-order valence-corrected chi connectivity index (χ1v) is 8.73. The Balaban J connectivity index is 1.37. The number of halogens is 1. The fourth-order valence-electron chi connectivity index (χ4n) is 3.60. The number of hydrogen-bond acceptors (Lipinski definition) is 1. The van der Waals surface area contributed by atoms with Gasteiger partial charge in [0, 0.05) is 34.7 Å². The third kappa shape index (κ3) is 3.15. The first-order valence-electron chi connectivity index (χ1n) is 8.35. The summed E-state index contributed by atoms with van der Waals surface area (Å²) in [5.74, 6) is 0. The van der Waals surface area contributed by atoms with Gasteiger partial charge in [0.15, 0.2) is 0 Å². The number of H-pyrrole nitrogens is 1. The molecule has 0 saturated heterocycles. The lowest BCUT2D eigenvalue weighted by Gasteiger charge is -2.26. The van der Waals surface area contributed by atoms with Crippen LogP contribution in [0.2, 0.25) is 5.02 Å². The molecule has 1 aromatic heterocycles. The van der Waals surface area contributed by atoms with Crippen molar-refractivity contribution in [2.75, 3.05) is 13.1 Å². The molecule has 0 unspecified atom stereocenters. The lowest BCUT2D eigenvalue weighted by molar-refractivity contribution is 0.249. The van der Waals surface area contributed by atoms with Crippen LogP contribution in [0.1, 0.15) is 23.2 Å². The molecule has 0 atom stereocenters. The molecule has 1 aliphatic heterocycles. The van der Waals surface area contributed by atoms with Gasteiger partial charge in [-0.25, -0.2) is 0 Å². The summed E-state index contributed by atoms with van der Waals surface area (Å²) in [6, 6.07) is 16.9. The van der Waals surface area contributed by atoms with Crippen molar-refractivity contribution in [3.63, 3.8) is 0 Å². The predicted molar refractivity (Wildman–Crippen MR) is 97.1 cm³/mol. The van der Waals surface area contributed by atoms with E-state index < -0.39 is 0 Å². The van der Waals surface area contributed by atoms with Crippen LogP contribution in [-0.2, 0) is 19.4 Å². The van der Waals surface area contributed by atoms with Crippen LogP contribution >= 0.6 is 11.6 Å². The number of nitrogens with zero attached hydrogens (tertiary/aromatic N) is 1. The van der Waals surface area contributed by atoms with Crippen LogP contribution in [0, 0.1) is 0 Å². The Morgan fingerprint density at radius 1 is 1.04 bits per heavy atom. The van der Waals surface area contributed by atoms with Gasteiger partial charge in [0.1, 0.15) is 0 Å². The highest BCUT2D eigenvalue weighted by atomic mass is 35.5. The van der Waals surface area contributed by atoms with Crippen LogP contribution in [0.3, 0.4) is 0 Å². The second-order valence-electron chi connectivity index (χ2n) is 6.38. The number of hydrogen-bond donors (Lipinski definition) is 1. The Morgan fingerprint density at radius 2 is 1.87 bits per heavy atom. The van der Waals surface area contributed by atoms with Crippen LogP contribution in [0.25, 0.3) is 10.9 Å². The highest BCUT2D eigenvalue weighted by molar-refractivity contribution is 6.30. The molecule has 4 rings (SSSR count). The summed E-state index contributed by atoms with van der Waals surface area (Å²) >= 11 is 5.94. The summed E-state index contributed by atoms with van der Waals surface area (Å²) in [7, 11) is 0. The van der Waals surface area contributed by atoms with E-state index in [1.54, 1.807) is 0 Å². The highest BCUT2D eigenvalue weighted by Crippen LogP contribution is 2.27. The number of rotatable bonds is 4. The lowest BCUT2D eigenvalue weighted by Crippen LogP contribution is -2.31. The van der Waals surface area contributed by atoms with E-state index >= 15 is 0 Å². The van der Waals surface area contributed by atoms with E-state index in [0.717, 1.165) is 37.5 Å². The minimum Gasteiger partial charge on any atom is -0.357 e. The highest BCUT2D eigenvalue weighted by Gasteiger charge is 2.19. The largest absolute Gasteiger partial charge is 0.357 e. The van der Waals surface area contributed by atoms with Gasteiger partial charge in [-0.1, -0.05) is 41.9 Å². The number of para-hydroxylation sites is 1. The van der Waals surface area contributed by atoms with Gasteiger partial charge in [0.2, 0.25) is 0 Å². The van der Waals surface area contributed by atoms with Crippen molar-refractivity contribution in [3.05, 3.63) is 70.4 Å². The Hall–Kier alpha value is -1.77. The Labute approximate surface area is 142 Å². The van der Waals surface area contributed by atoms with E-state index in [9.17, 15) is 0 Å². The Morgan fingerprint density at radius 3 is 2.74 bits per heavy atom. The van der Waals surface area contributed by atoms with Gasteiger partial charge in [-0.3, -0.25) is 4.90 Å². The van der Waals surface area contributed by atoms with Crippen molar-refractivity contribution in [3.8, 4) is 0 Å². The molecular formula is C20H21ClN2. The average molecular weight is 325 g/mol. The summed E-state index contributed by atoms with van der Waals surface area (Å²) < 4.78 is 0. The summed E-state index contributed by atoms with van der Waals surface area (Å²) in [5, 5.41) is 2.22. The van der Waals surface area contributed by atoms with Gasteiger partial charge >= 0.3 is 0 Å². The fraction of sp³-hybridized carbons (Fsp3) is 0.300. The van der Waals surface area contributed by atoms with E-state index in [2.05, 4.69) is 46.3 Å². The van der Waals surface area contributed by atoms with Crippen molar-refractivity contribution in [1.82, 2.24) is 9.88 Å². The number of benzene rings is 2. The number of fused-ring (bicyclic) bond motifs is 3. The second-order valence-corrected chi connectivity index (χ2v) is 6.82. The molecule has 2 nitrogen and oxygen atoms in total. The quantitative estimate of drug-likeness (QED) is 0.729. The lowest BCUT2D eigenvalue weighted by atomic mass is 10.0. The number of aromatic nitrogens is 1. The Bertz CT molecular complexity index is 804. The summed E-state index contributed by atoms with van der Waals surface area (Å²) in [5.41, 5.74) is 5.58. The molecule has 0 spiro atoms. The van der Waals surface area contributed by atoms with Crippen molar-refractivity contribution in [2.45, 2.75) is 25.8 Å². The fourth-order valence-corrected chi connectivity index (χ4v) is 3.72. The van der Waals surface area contributed by atoms with Gasteiger partial charge in [-0.2, -0.15) is 0 Å². The van der Waals surface area contributed by atoms with Crippen LogP contribution in [-0.4, -0.2) is 23.0 Å². The molecule has 0 bridgehead atoms. The van der Waals surface area contributed by atoms with Crippen LogP contribution in [0.5, 0.6) is 0 Å². The molecule has 3 heteroatoms. The number of aryl methyl sites for hydroxylation is 1. The maximum Gasteiger partial charge on any atom is 0.0459 e. The molecule has 0 radical (unpaired) electrons. The summed E-state index contributed by atoms with van der Waals surface area (Å²) in [6.45, 7) is 3.36. The van der Waals surface area contributed by atoms with Crippen molar-refractivity contribution < 1.29 is 0 Å². The monoisotopic (exact) mass is 324 g/mol. The van der Waals surface area contributed by atoms with E-state index in [0.29, 0.717) is 0 Å². The maximum atomic E-state index is 5.94. The molecule has 1 N–H and O–H groups in total. The molecule has 23 heavy (non-hydrogen) atoms. The summed E-state index contributed by atoms with van der Waals surface area (Å²) in [4.78, 5) is 6.17. The van der Waals surface area contributed by atoms with Crippen LogP contribution < -0.4 is 0 Å². The molecule has 2 heterocycles. The zero-order valence-corrected chi connectivity index (χ0v) is 13.9. The minimum absolute atomic E-state index is 0.816. The van der Waals surface area contributed by atoms with Crippen molar-refractivity contribution >= 4 is 22.5 Å². The predicted octanol–water partition coefficient (Wildman–Crippen LogP) is 4.81. The Kier molecular flexibility index (Phi) is 4.11. The van der Waals surface area contributed by atoms with Gasteiger partial charge in [-0.15, -0.1) is 0 Å². The van der Waals surface area contributed by atoms with E-state index in [4.69, 9.17) is 11.6 Å². The van der Waals surface area contributed by atoms with Gasteiger partial charge < -0.3 is 4.98 Å². The number of nitrogens with one attached hydrogen (secondary N) is 1. The molecule has 3 aromatic rings. The van der Waals surface area contributed by atoms with Crippen LogP contribution in [0.4, 0.5) is 0 Å². The molecule has 0 amide bonds. The molecule has 2 aromatic carbocycles. The van der Waals surface area contributed by atoms with E-state index in [-0.39, 0.29) is 0 Å². The molecule has 118 valence electrons. The van der Waals surface area contributed by atoms with E-state index in [1.165, 1.54) is 34.1 Å². The van der Waals surface area contributed by atoms with Crippen molar-refractivity contribution in [1.29, 1.82) is 0 Å². The molecule has 0 saturated carbocycles. The third-order valence-corrected chi connectivity index (χ3v) is 5.07. The average Bonchev–Trinajstić information content (AvgIpc) is 2.94.